The smallest absolute Gasteiger partial charge is 0.260 e. The van der Waals surface area contributed by atoms with E-state index in [-0.39, 0.29) is 25.1 Å². The highest BCUT2D eigenvalue weighted by molar-refractivity contribution is 7.90. The van der Waals surface area contributed by atoms with E-state index in [1.165, 1.54) is 0 Å². The monoisotopic (exact) mass is 367 g/mol. The van der Waals surface area contributed by atoms with Crippen molar-refractivity contribution in [3.63, 3.8) is 0 Å². The van der Waals surface area contributed by atoms with Crippen molar-refractivity contribution in [1.82, 2.24) is 14.6 Å². The van der Waals surface area contributed by atoms with Crippen molar-refractivity contribution in [2.24, 2.45) is 0 Å². The average Bonchev–Trinajstić information content (AvgIpc) is 3.13. The summed E-state index contributed by atoms with van der Waals surface area (Å²) in [6, 6.07) is 3.53. The van der Waals surface area contributed by atoms with Crippen LogP contribution in [0.4, 0.5) is 0 Å². The van der Waals surface area contributed by atoms with E-state index in [1.54, 1.807) is 29.4 Å². The highest BCUT2D eigenvalue weighted by Gasteiger charge is 2.34. The predicted molar refractivity (Wildman–Crippen MR) is 93.6 cm³/mol. The Hall–Kier alpha value is -1.67. The van der Waals surface area contributed by atoms with E-state index in [2.05, 4.69) is 9.71 Å². The fourth-order valence-electron chi connectivity index (χ4n) is 3.46. The van der Waals surface area contributed by atoms with E-state index in [4.69, 9.17) is 4.74 Å². The lowest BCUT2D eigenvalue weighted by Gasteiger charge is -2.33. The molecule has 3 rings (SSSR count). The molecule has 0 radical (unpaired) electrons. The molecule has 2 heterocycles. The fraction of sp³-hybridized carbons (Fsp3) is 0.647. The van der Waals surface area contributed by atoms with Crippen molar-refractivity contribution in [3.05, 3.63) is 24.5 Å². The number of likely N-dealkylation sites (tertiary alicyclic amines) is 1. The summed E-state index contributed by atoms with van der Waals surface area (Å²) in [5.74, 6) is 0.338. The fourth-order valence-corrected chi connectivity index (χ4v) is 5.20. The van der Waals surface area contributed by atoms with Gasteiger partial charge in [-0.1, -0.05) is 12.8 Å². The van der Waals surface area contributed by atoms with Crippen LogP contribution in [0.3, 0.4) is 0 Å². The zero-order chi connectivity index (χ0) is 17.7. The molecule has 138 valence electrons. The maximum atomic E-state index is 12.6. The number of carbonyl (C=O) groups excluding carboxylic acids is 1. The minimum atomic E-state index is -3.40. The van der Waals surface area contributed by atoms with Crippen LogP contribution >= 0.6 is 0 Å². The van der Waals surface area contributed by atoms with Gasteiger partial charge >= 0.3 is 0 Å². The van der Waals surface area contributed by atoms with Crippen molar-refractivity contribution in [2.45, 2.75) is 49.8 Å². The number of piperidine rings is 1. The van der Waals surface area contributed by atoms with Gasteiger partial charge in [-0.05, 0) is 37.8 Å². The lowest BCUT2D eigenvalue weighted by Crippen LogP contribution is -2.50. The van der Waals surface area contributed by atoms with Crippen LogP contribution in [0, 0.1) is 0 Å². The SMILES string of the molecule is O=C(COc1cccnc1)N1CCCC(S(=O)(=O)NC2CCCC2)C1. The first-order valence-electron chi connectivity index (χ1n) is 8.86. The van der Waals surface area contributed by atoms with E-state index >= 15 is 0 Å². The highest BCUT2D eigenvalue weighted by atomic mass is 32.2. The molecular weight excluding hydrogens is 342 g/mol. The van der Waals surface area contributed by atoms with Gasteiger partial charge in [-0.2, -0.15) is 0 Å². The van der Waals surface area contributed by atoms with Gasteiger partial charge in [0, 0.05) is 25.3 Å². The van der Waals surface area contributed by atoms with Crippen LogP contribution in [-0.2, 0) is 14.8 Å². The first-order chi connectivity index (χ1) is 12.0. The Morgan fingerprint density at radius 2 is 2.08 bits per heavy atom. The molecule has 1 N–H and O–H groups in total. The molecule has 7 nitrogen and oxygen atoms in total. The molecule has 0 aromatic carbocycles. The molecule has 0 spiro atoms. The lowest BCUT2D eigenvalue weighted by atomic mass is 10.1. The predicted octanol–water partition coefficient (Wildman–Crippen LogP) is 1.31. The van der Waals surface area contributed by atoms with Gasteiger partial charge in [0.1, 0.15) is 5.75 Å². The van der Waals surface area contributed by atoms with Crippen LogP contribution < -0.4 is 9.46 Å². The molecule has 25 heavy (non-hydrogen) atoms. The first kappa shape index (κ1) is 18.1. The number of aromatic nitrogens is 1. The number of ether oxygens (including phenoxy) is 1. The van der Waals surface area contributed by atoms with Gasteiger partial charge in [0.25, 0.3) is 5.91 Å². The lowest BCUT2D eigenvalue weighted by molar-refractivity contribution is -0.134. The maximum Gasteiger partial charge on any atom is 0.260 e. The first-order valence-corrected chi connectivity index (χ1v) is 10.4. The molecule has 1 aliphatic carbocycles. The maximum absolute atomic E-state index is 12.6. The number of carbonyl (C=O) groups is 1. The number of pyridine rings is 1. The largest absolute Gasteiger partial charge is 0.482 e. The van der Waals surface area contributed by atoms with Crippen molar-refractivity contribution in [3.8, 4) is 5.75 Å². The second-order valence-corrected chi connectivity index (χ2v) is 8.72. The summed E-state index contributed by atoms with van der Waals surface area (Å²) in [5, 5.41) is -0.538. The standard InChI is InChI=1S/C17H25N3O4S/c21-17(13-24-15-7-3-9-18-11-15)20-10-4-8-16(12-20)25(22,23)19-14-5-1-2-6-14/h3,7,9,11,14,16,19H,1-2,4-6,8,10,12-13H2. The van der Waals surface area contributed by atoms with E-state index in [0.29, 0.717) is 25.1 Å². The minimum Gasteiger partial charge on any atom is -0.482 e. The Labute approximate surface area is 148 Å². The molecule has 2 aliphatic rings. The van der Waals surface area contributed by atoms with Gasteiger partial charge in [-0.15, -0.1) is 0 Å². The zero-order valence-electron chi connectivity index (χ0n) is 14.3. The number of rotatable bonds is 6. The summed E-state index contributed by atoms with van der Waals surface area (Å²) < 4.78 is 33.5. The van der Waals surface area contributed by atoms with E-state index in [9.17, 15) is 13.2 Å². The molecule has 2 fully saturated rings. The van der Waals surface area contributed by atoms with Crippen LogP contribution in [0.2, 0.25) is 0 Å². The number of amides is 1. The Morgan fingerprint density at radius 1 is 1.28 bits per heavy atom. The van der Waals surface area contributed by atoms with Gasteiger partial charge in [-0.3, -0.25) is 9.78 Å². The van der Waals surface area contributed by atoms with Gasteiger partial charge in [-0.25, -0.2) is 13.1 Å². The van der Waals surface area contributed by atoms with Gasteiger partial charge in [0.15, 0.2) is 6.61 Å². The minimum absolute atomic E-state index is 0.0602. The molecule has 1 aromatic rings. The summed E-state index contributed by atoms with van der Waals surface area (Å²) in [6.45, 7) is 0.705. The number of hydrogen-bond acceptors (Lipinski definition) is 5. The third kappa shape index (κ3) is 4.92. The van der Waals surface area contributed by atoms with Crippen LogP contribution in [0.5, 0.6) is 5.75 Å². The average molecular weight is 367 g/mol. The van der Waals surface area contributed by atoms with Crippen molar-refractivity contribution >= 4 is 15.9 Å². The number of nitrogens with zero attached hydrogens (tertiary/aromatic N) is 2. The Balaban J connectivity index is 1.53. The molecule has 0 bridgehead atoms. The molecule has 1 amide bonds. The third-order valence-electron chi connectivity index (χ3n) is 4.85. The molecule has 1 saturated carbocycles. The van der Waals surface area contributed by atoms with Crippen LogP contribution in [0.1, 0.15) is 38.5 Å². The van der Waals surface area contributed by atoms with E-state index in [1.807, 2.05) is 0 Å². The second kappa shape index (κ2) is 8.14. The zero-order valence-corrected chi connectivity index (χ0v) is 15.1. The summed E-state index contributed by atoms with van der Waals surface area (Å²) in [6.07, 6.45) is 8.43. The third-order valence-corrected chi connectivity index (χ3v) is 6.78. The van der Waals surface area contributed by atoms with Crippen LogP contribution in [-0.4, -0.2) is 55.2 Å². The van der Waals surface area contributed by atoms with Crippen molar-refractivity contribution in [1.29, 1.82) is 0 Å². The van der Waals surface area contributed by atoms with E-state index < -0.39 is 15.3 Å². The summed E-state index contributed by atoms with van der Waals surface area (Å²) in [4.78, 5) is 17.9. The molecule has 8 heteroatoms. The Kier molecular flexibility index (Phi) is 5.90. The topological polar surface area (TPSA) is 88.6 Å². The molecule has 1 unspecified atom stereocenters. The van der Waals surface area contributed by atoms with Crippen molar-refractivity contribution in [2.75, 3.05) is 19.7 Å². The Bertz CT molecular complexity index is 674. The van der Waals surface area contributed by atoms with Gasteiger partial charge < -0.3 is 9.64 Å². The second-order valence-electron chi connectivity index (χ2n) is 6.73. The quantitative estimate of drug-likeness (QED) is 0.819. The number of hydrogen-bond donors (Lipinski definition) is 1. The van der Waals surface area contributed by atoms with Crippen molar-refractivity contribution < 1.29 is 17.9 Å². The molecule has 1 aromatic heterocycles. The summed E-state index contributed by atoms with van der Waals surface area (Å²) in [5.41, 5.74) is 0. The highest BCUT2D eigenvalue weighted by Crippen LogP contribution is 2.22. The molecule has 1 saturated heterocycles. The summed E-state index contributed by atoms with van der Waals surface area (Å²) >= 11 is 0. The van der Waals surface area contributed by atoms with E-state index in [0.717, 1.165) is 25.7 Å². The van der Waals surface area contributed by atoms with Crippen LogP contribution in [0.15, 0.2) is 24.5 Å². The normalized spacial score (nSPS) is 22.1. The van der Waals surface area contributed by atoms with Crippen LogP contribution in [0.25, 0.3) is 0 Å². The number of sulfonamides is 1. The molecule has 1 atom stereocenters. The van der Waals surface area contributed by atoms with Gasteiger partial charge in [0.2, 0.25) is 10.0 Å². The van der Waals surface area contributed by atoms with Gasteiger partial charge in [0.05, 0.1) is 11.4 Å². The number of nitrogens with one attached hydrogen (secondary N) is 1. The summed E-state index contributed by atoms with van der Waals surface area (Å²) in [7, 11) is -3.40. The molecule has 1 aliphatic heterocycles. The Morgan fingerprint density at radius 3 is 2.80 bits per heavy atom. The molecular formula is C17H25N3O4S.